The van der Waals surface area contributed by atoms with Crippen LogP contribution in [-0.4, -0.2) is 9.49 Å². The molecule has 0 atom stereocenters. The van der Waals surface area contributed by atoms with Crippen molar-refractivity contribution < 1.29 is 4.92 Å². The van der Waals surface area contributed by atoms with Gasteiger partial charge in [0.2, 0.25) is 0 Å². The van der Waals surface area contributed by atoms with Crippen LogP contribution in [0.2, 0.25) is 0 Å². The molecule has 0 spiro atoms. The lowest BCUT2D eigenvalue weighted by atomic mass is 10.2. The van der Waals surface area contributed by atoms with Crippen molar-refractivity contribution in [2.45, 2.75) is 26.4 Å². The van der Waals surface area contributed by atoms with E-state index < -0.39 is 4.92 Å². The maximum atomic E-state index is 10.8. The van der Waals surface area contributed by atoms with E-state index in [4.69, 9.17) is 0 Å². The monoisotopic (exact) mass is 337 g/mol. The van der Waals surface area contributed by atoms with Gasteiger partial charge in [0.25, 0.3) is 5.69 Å². The molecule has 1 heterocycles. The second kappa shape index (κ2) is 6.56. The molecule has 1 aromatic carbocycles. The molecule has 0 aliphatic carbocycles. The SMILES string of the molecule is CCCn1cccc1CNc1cc([N+](=O)[O-])ccc1Br. The minimum atomic E-state index is -0.391. The Morgan fingerprint density at radius 2 is 2.20 bits per heavy atom. The molecule has 106 valence electrons. The molecule has 20 heavy (non-hydrogen) atoms. The Kier molecular flexibility index (Phi) is 4.79. The summed E-state index contributed by atoms with van der Waals surface area (Å²) in [6.45, 7) is 3.74. The standard InChI is InChI=1S/C14H16BrN3O2/c1-2-7-17-8-3-4-12(17)10-16-14-9-11(18(19)20)5-6-13(14)15/h3-6,8-9,16H,2,7,10H2,1H3. The van der Waals surface area contributed by atoms with E-state index in [1.54, 1.807) is 6.07 Å². The second-order valence-electron chi connectivity index (χ2n) is 4.47. The number of non-ortho nitro benzene ring substituents is 1. The zero-order chi connectivity index (χ0) is 14.5. The van der Waals surface area contributed by atoms with Crippen LogP contribution in [0.4, 0.5) is 11.4 Å². The Labute approximate surface area is 125 Å². The first kappa shape index (κ1) is 14.6. The van der Waals surface area contributed by atoms with Crippen molar-refractivity contribution in [3.05, 3.63) is 56.8 Å². The summed E-state index contributed by atoms with van der Waals surface area (Å²) in [5, 5.41) is 14.0. The molecule has 2 rings (SSSR count). The van der Waals surface area contributed by atoms with Crippen LogP contribution in [0.3, 0.4) is 0 Å². The summed E-state index contributed by atoms with van der Waals surface area (Å²) in [5.74, 6) is 0. The molecule has 0 amide bonds. The van der Waals surface area contributed by atoms with Gasteiger partial charge in [0, 0.05) is 35.0 Å². The molecule has 0 saturated carbocycles. The average Bonchev–Trinajstić information content (AvgIpc) is 2.85. The third-order valence-electron chi connectivity index (χ3n) is 3.01. The molecule has 0 fully saturated rings. The van der Waals surface area contributed by atoms with E-state index >= 15 is 0 Å². The molecule has 1 aromatic heterocycles. The molecule has 2 aromatic rings. The van der Waals surface area contributed by atoms with Crippen molar-refractivity contribution in [3.8, 4) is 0 Å². The summed E-state index contributed by atoms with van der Waals surface area (Å²) in [7, 11) is 0. The normalized spacial score (nSPS) is 10.5. The summed E-state index contributed by atoms with van der Waals surface area (Å²) in [4.78, 5) is 10.4. The molecule has 1 N–H and O–H groups in total. The molecule has 0 unspecified atom stereocenters. The highest BCUT2D eigenvalue weighted by Crippen LogP contribution is 2.27. The van der Waals surface area contributed by atoms with E-state index in [2.05, 4.69) is 32.7 Å². The number of halogens is 1. The van der Waals surface area contributed by atoms with Crippen LogP contribution in [0.15, 0.2) is 41.0 Å². The lowest BCUT2D eigenvalue weighted by Gasteiger charge is -2.11. The van der Waals surface area contributed by atoms with E-state index in [-0.39, 0.29) is 5.69 Å². The van der Waals surface area contributed by atoms with Crippen molar-refractivity contribution in [2.24, 2.45) is 0 Å². The van der Waals surface area contributed by atoms with Gasteiger partial charge in [-0.25, -0.2) is 0 Å². The third kappa shape index (κ3) is 3.39. The summed E-state index contributed by atoms with van der Waals surface area (Å²) in [6.07, 6.45) is 3.12. The van der Waals surface area contributed by atoms with Gasteiger partial charge in [-0.3, -0.25) is 10.1 Å². The Balaban J connectivity index is 2.12. The van der Waals surface area contributed by atoms with Crippen molar-refractivity contribution in [3.63, 3.8) is 0 Å². The number of nitro groups is 1. The number of anilines is 1. The van der Waals surface area contributed by atoms with E-state index in [9.17, 15) is 10.1 Å². The second-order valence-corrected chi connectivity index (χ2v) is 5.32. The fourth-order valence-corrected chi connectivity index (χ4v) is 2.40. The molecular formula is C14H16BrN3O2. The number of nitrogens with one attached hydrogen (secondary N) is 1. The number of nitro benzene ring substituents is 1. The molecule has 0 radical (unpaired) electrons. The number of rotatable bonds is 6. The van der Waals surface area contributed by atoms with Crippen molar-refractivity contribution in [2.75, 3.05) is 5.32 Å². The maximum Gasteiger partial charge on any atom is 0.271 e. The number of aryl methyl sites for hydroxylation is 1. The van der Waals surface area contributed by atoms with Crippen LogP contribution in [-0.2, 0) is 13.1 Å². The van der Waals surface area contributed by atoms with Crippen LogP contribution < -0.4 is 5.32 Å². The number of hydrogen-bond acceptors (Lipinski definition) is 3. The summed E-state index contributed by atoms with van der Waals surface area (Å²) < 4.78 is 3.00. The van der Waals surface area contributed by atoms with Crippen molar-refractivity contribution in [1.29, 1.82) is 0 Å². The fourth-order valence-electron chi connectivity index (χ4n) is 2.02. The van der Waals surface area contributed by atoms with Gasteiger partial charge in [-0.2, -0.15) is 0 Å². The fraction of sp³-hybridized carbons (Fsp3) is 0.286. The number of nitrogens with zero attached hydrogens (tertiary/aromatic N) is 2. The zero-order valence-corrected chi connectivity index (χ0v) is 12.8. The van der Waals surface area contributed by atoms with E-state index in [0.29, 0.717) is 6.54 Å². The van der Waals surface area contributed by atoms with Crippen LogP contribution in [0.5, 0.6) is 0 Å². The summed E-state index contributed by atoms with van der Waals surface area (Å²) in [5.41, 5.74) is 1.97. The van der Waals surface area contributed by atoms with E-state index in [1.165, 1.54) is 12.1 Å². The minimum absolute atomic E-state index is 0.0830. The highest BCUT2D eigenvalue weighted by molar-refractivity contribution is 9.10. The molecule has 6 heteroatoms. The van der Waals surface area contributed by atoms with Crippen molar-refractivity contribution in [1.82, 2.24) is 4.57 Å². The van der Waals surface area contributed by atoms with E-state index in [0.717, 1.165) is 28.8 Å². The van der Waals surface area contributed by atoms with Gasteiger partial charge in [0.1, 0.15) is 0 Å². The van der Waals surface area contributed by atoms with Gasteiger partial charge in [-0.1, -0.05) is 6.92 Å². The first-order chi connectivity index (χ1) is 9.61. The minimum Gasteiger partial charge on any atom is -0.378 e. The first-order valence-electron chi connectivity index (χ1n) is 6.43. The Hall–Kier alpha value is -1.82. The number of benzene rings is 1. The molecular weight excluding hydrogens is 322 g/mol. The van der Waals surface area contributed by atoms with Crippen LogP contribution in [0, 0.1) is 10.1 Å². The lowest BCUT2D eigenvalue weighted by molar-refractivity contribution is -0.384. The van der Waals surface area contributed by atoms with Gasteiger partial charge in [0.15, 0.2) is 0 Å². The highest BCUT2D eigenvalue weighted by Gasteiger charge is 2.09. The van der Waals surface area contributed by atoms with Gasteiger partial charge in [-0.05, 0) is 40.5 Å². The summed E-state index contributed by atoms with van der Waals surface area (Å²) >= 11 is 3.40. The molecule has 0 aliphatic rings. The van der Waals surface area contributed by atoms with E-state index in [1.807, 2.05) is 18.3 Å². The quantitative estimate of drug-likeness (QED) is 0.635. The smallest absolute Gasteiger partial charge is 0.271 e. The highest BCUT2D eigenvalue weighted by atomic mass is 79.9. The molecule has 0 bridgehead atoms. The molecule has 5 nitrogen and oxygen atoms in total. The average molecular weight is 338 g/mol. The van der Waals surface area contributed by atoms with Gasteiger partial charge in [0.05, 0.1) is 17.2 Å². The topological polar surface area (TPSA) is 60.1 Å². The summed E-state index contributed by atoms with van der Waals surface area (Å²) in [6, 6.07) is 8.76. The van der Waals surface area contributed by atoms with Gasteiger partial charge >= 0.3 is 0 Å². The lowest BCUT2D eigenvalue weighted by Crippen LogP contribution is -2.07. The van der Waals surface area contributed by atoms with Crippen molar-refractivity contribution >= 4 is 27.3 Å². The Morgan fingerprint density at radius 1 is 1.40 bits per heavy atom. The number of aromatic nitrogens is 1. The van der Waals surface area contributed by atoms with Crippen LogP contribution in [0.1, 0.15) is 19.0 Å². The molecule has 0 saturated heterocycles. The Bertz CT molecular complexity index is 610. The Morgan fingerprint density at radius 3 is 2.90 bits per heavy atom. The predicted octanol–water partition coefficient (Wildman–Crippen LogP) is 4.18. The van der Waals surface area contributed by atoms with Gasteiger partial charge < -0.3 is 9.88 Å². The number of hydrogen-bond donors (Lipinski definition) is 1. The largest absolute Gasteiger partial charge is 0.378 e. The first-order valence-corrected chi connectivity index (χ1v) is 7.23. The van der Waals surface area contributed by atoms with Crippen LogP contribution in [0.25, 0.3) is 0 Å². The molecule has 0 aliphatic heterocycles. The zero-order valence-electron chi connectivity index (χ0n) is 11.2. The maximum absolute atomic E-state index is 10.8. The van der Waals surface area contributed by atoms with Gasteiger partial charge in [-0.15, -0.1) is 0 Å². The van der Waals surface area contributed by atoms with Crippen LogP contribution >= 0.6 is 15.9 Å². The predicted molar refractivity (Wildman–Crippen MR) is 82.8 cm³/mol. The third-order valence-corrected chi connectivity index (χ3v) is 3.70.